The fourth-order valence-electron chi connectivity index (χ4n) is 1.36. The molecule has 1 aliphatic rings. The molecule has 0 N–H and O–H groups in total. The summed E-state index contributed by atoms with van der Waals surface area (Å²) in [6, 6.07) is 0. The molecule has 0 aliphatic heterocycles. The van der Waals surface area contributed by atoms with Crippen molar-refractivity contribution < 1.29 is 4.79 Å². The van der Waals surface area contributed by atoms with E-state index in [-0.39, 0.29) is 0 Å². The highest BCUT2D eigenvalue weighted by Gasteiger charge is 2.31. The summed E-state index contributed by atoms with van der Waals surface area (Å²) in [7, 11) is 0. The van der Waals surface area contributed by atoms with Gasteiger partial charge in [0, 0.05) is 24.6 Å². The second-order valence-corrected chi connectivity index (χ2v) is 3.39. The number of carbonyl (C=O) groups excluding carboxylic acids is 1. The predicted molar refractivity (Wildman–Crippen MR) is 42.7 cm³/mol. The lowest BCUT2D eigenvalue weighted by Gasteiger charge is -2.10. The Morgan fingerprint density at radius 3 is 1.90 bits per heavy atom. The number of rotatable bonds is 2. The molecule has 0 saturated heterocycles. The van der Waals surface area contributed by atoms with Gasteiger partial charge in [0.05, 0.1) is 0 Å². The minimum absolute atomic E-state index is 0.316. The molecule has 1 fully saturated rings. The van der Waals surface area contributed by atoms with E-state index < -0.39 is 0 Å². The Kier molecular flexibility index (Phi) is 2.99. The van der Waals surface area contributed by atoms with Crippen LogP contribution < -0.4 is 0 Å². The molecule has 0 radical (unpaired) electrons. The van der Waals surface area contributed by atoms with Crippen LogP contribution in [0.25, 0.3) is 0 Å². The second-order valence-electron chi connectivity index (χ2n) is 2.78. The van der Waals surface area contributed by atoms with Crippen LogP contribution in [0.4, 0.5) is 0 Å². The van der Waals surface area contributed by atoms with Crippen molar-refractivity contribution >= 4 is 29.0 Å². The molecule has 0 aromatic heterocycles. The van der Waals surface area contributed by atoms with Gasteiger partial charge >= 0.3 is 0 Å². The van der Waals surface area contributed by atoms with Crippen molar-refractivity contribution in [2.45, 2.75) is 12.8 Å². The summed E-state index contributed by atoms with van der Waals surface area (Å²) in [6.07, 6.45) is 1.28. The van der Waals surface area contributed by atoms with Crippen molar-refractivity contribution in [2.75, 3.05) is 11.8 Å². The topological polar surface area (TPSA) is 17.1 Å². The maximum Gasteiger partial charge on any atom is 0.133 e. The summed E-state index contributed by atoms with van der Waals surface area (Å²) in [4.78, 5) is 10.9. The molecule has 0 heterocycles. The van der Waals surface area contributed by atoms with Gasteiger partial charge in [0.1, 0.15) is 5.78 Å². The van der Waals surface area contributed by atoms with E-state index in [4.69, 9.17) is 23.2 Å². The Morgan fingerprint density at radius 1 is 1.20 bits per heavy atom. The molecule has 0 amide bonds. The number of hydrogen-bond acceptors (Lipinski definition) is 1. The lowest BCUT2D eigenvalue weighted by molar-refractivity contribution is -0.117. The highest BCUT2D eigenvalue weighted by atomic mass is 35.5. The standard InChI is InChI=1S/C7H10Cl2O/c8-3-5-1-7(10)2-6(5)4-9/h5-6H,1-4H2. The molecule has 0 spiro atoms. The number of Topliss-reactive ketones (excluding diaryl/α,β-unsaturated/α-hetero) is 1. The number of carbonyl (C=O) groups is 1. The molecule has 2 atom stereocenters. The summed E-state index contributed by atoms with van der Waals surface area (Å²) in [5, 5.41) is 0. The van der Waals surface area contributed by atoms with Crippen LogP contribution in [-0.2, 0) is 4.79 Å². The first-order valence-corrected chi connectivity index (χ1v) is 4.48. The van der Waals surface area contributed by atoms with Crippen molar-refractivity contribution in [3.05, 3.63) is 0 Å². The van der Waals surface area contributed by atoms with Gasteiger partial charge in [-0.3, -0.25) is 4.79 Å². The van der Waals surface area contributed by atoms with E-state index >= 15 is 0 Å². The Bertz CT molecular complexity index is 122. The molecular formula is C7H10Cl2O. The molecule has 1 nitrogen and oxygen atoms in total. The third-order valence-corrected chi connectivity index (χ3v) is 2.84. The van der Waals surface area contributed by atoms with Gasteiger partial charge in [-0.25, -0.2) is 0 Å². The Morgan fingerprint density at radius 2 is 1.60 bits per heavy atom. The molecule has 3 heteroatoms. The first-order chi connectivity index (χ1) is 4.77. The Balaban J connectivity index is 2.48. The van der Waals surface area contributed by atoms with E-state index in [1.807, 2.05) is 0 Å². The van der Waals surface area contributed by atoms with Crippen molar-refractivity contribution in [3.8, 4) is 0 Å². The molecule has 0 bridgehead atoms. The maximum absolute atomic E-state index is 10.9. The van der Waals surface area contributed by atoms with Crippen molar-refractivity contribution in [3.63, 3.8) is 0 Å². The van der Waals surface area contributed by atoms with E-state index in [0.717, 1.165) is 0 Å². The molecule has 1 rings (SSSR count). The van der Waals surface area contributed by atoms with Crippen LogP contribution in [0.3, 0.4) is 0 Å². The van der Waals surface area contributed by atoms with E-state index in [1.165, 1.54) is 0 Å². The average Bonchev–Trinajstić information content (AvgIpc) is 2.30. The smallest absolute Gasteiger partial charge is 0.133 e. The van der Waals surface area contributed by atoms with Crippen LogP contribution in [0, 0.1) is 11.8 Å². The van der Waals surface area contributed by atoms with Gasteiger partial charge in [0.2, 0.25) is 0 Å². The minimum atomic E-state index is 0.316. The molecule has 1 aliphatic carbocycles. The van der Waals surface area contributed by atoms with Crippen LogP contribution in [0.15, 0.2) is 0 Å². The number of alkyl halides is 2. The molecule has 0 aromatic rings. The molecule has 2 unspecified atom stereocenters. The normalized spacial score (nSPS) is 33.2. The summed E-state index contributed by atoms with van der Waals surface area (Å²) in [6.45, 7) is 0. The van der Waals surface area contributed by atoms with E-state index in [2.05, 4.69) is 0 Å². The molecule has 58 valence electrons. The Hall–Kier alpha value is 0.250. The summed E-state index contributed by atoms with van der Waals surface area (Å²) >= 11 is 11.3. The van der Waals surface area contributed by atoms with E-state index in [1.54, 1.807) is 0 Å². The maximum atomic E-state index is 10.9. The van der Waals surface area contributed by atoms with Crippen LogP contribution >= 0.6 is 23.2 Å². The monoisotopic (exact) mass is 180 g/mol. The van der Waals surface area contributed by atoms with Gasteiger partial charge < -0.3 is 0 Å². The van der Waals surface area contributed by atoms with E-state index in [9.17, 15) is 4.79 Å². The number of hydrogen-bond donors (Lipinski definition) is 0. The van der Waals surface area contributed by atoms with Gasteiger partial charge in [-0.15, -0.1) is 23.2 Å². The summed E-state index contributed by atoms with van der Waals surface area (Å²) in [5.74, 6) is 2.14. The Labute approximate surface area is 70.7 Å². The van der Waals surface area contributed by atoms with Gasteiger partial charge in [-0.05, 0) is 11.8 Å². The fraction of sp³-hybridized carbons (Fsp3) is 0.857. The third kappa shape index (κ3) is 1.64. The van der Waals surface area contributed by atoms with Crippen LogP contribution in [0.1, 0.15) is 12.8 Å². The van der Waals surface area contributed by atoms with Crippen molar-refractivity contribution in [2.24, 2.45) is 11.8 Å². The predicted octanol–water partition coefficient (Wildman–Crippen LogP) is 2.06. The van der Waals surface area contributed by atoms with E-state index in [0.29, 0.717) is 42.2 Å². The highest BCUT2D eigenvalue weighted by Crippen LogP contribution is 2.30. The van der Waals surface area contributed by atoms with Crippen molar-refractivity contribution in [1.29, 1.82) is 0 Å². The molecular weight excluding hydrogens is 171 g/mol. The molecule has 10 heavy (non-hydrogen) atoms. The number of ketones is 1. The minimum Gasteiger partial charge on any atom is -0.300 e. The SMILES string of the molecule is O=C1CC(CCl)C(CCl)C1. The zero-order chi connectivity index (χ0) is 7.56. The summed E-state index contributed by atoms with van der Waals surface area (Å²) < 4.78 is 0. The lowest BCUT2D eigenvalue weighted by atomic mass is 10.0. The summed E-state index contributed by atoms with van der Waals surface area (Å²) in [5.41, 5.74) is 0. The fourth-order valence-corrected chi connectivity index (χ4v) is 2.08. The van der Waals surface area contributed by atoms with Crippen LogP contribution in [0.2, 0.25) is 0 Å². The van der Waals surface area contributed by atoms with Gasteiger partial charge in [0.25, 0.3) is 0 Å². The number of halogens is 2. The highest BCUT2D eigenvalue weighted by molar-refractivity contribution is 6.19. The van der Waals surface area contributed by atoms with Crippen LogP contribution in [0.5, 0.6) is 0 Å². The zero-order valence-electron chi connectivity index (χ0n) is 5.65. The molecule has 0 aromatic carbocycles. The van der Waals surface area contributed by atoms with Crippen molar-refractivity contribution in [1.82, 2.24) is 0 Å². The average molecular weight is 181 g/mol. The van der Waals surface area contributed by atoms with Gasteiger partial charge in [-0.2, -0.15) is 0 Å². The van der Waals surface area contributed by atoms with Crippen LogP contribution in [-0.4, -0.2) is 17.5 Å². The lowest BCUT2D eigenvalue weighted by Crippen LogP contribution is -2.10. The van der Waals surface area contributed by atoms with Gasteiger partial charge in [-0.1, -0.05) is 0 Å². The third-order valence-electron chi connectivity index (χ3n) is 2.04. The first kappa shape index (κ1) is 8.35. The first-order valence-electron chi connectivity index (χ1n) is 3.41. The quantitative estimate of drug-likeness (QED) is 0.596. The van der Waals surface area contributed by atoms with Gasteiger partial charge in [0.15, 0.2) is 0 Å². The zero-order valence-corrected chi connectivity index (χ0v) is 7.16. The second kappa shape index (κ2) is 3.59. The largest absolute Gasteiger partial charge is 0.300 e. The molecule has 1 saturated carbocycles.